The van der Waals surface area contributed by atoms with E-state index >= 15 is 0 Å². The molecule has 20 heavy (non-hydrogen) atoms. The highest BCUT2D eigenvalue weighted by molar-refractivity contribution is 7.88. The van der Waals surface area contributed by atoms with Gasteiger partial charge in [-0.15, -0.1) is 0 Å². The van der Waals surface area contributed by atoms with Gasteiger partial charge in [-0.25, -0.2) is 8.42 Å². The minimum atomic E-state index is -3.31. The Labute approximate surface area is 117 Å². The van der Waals surface area contributed by atoms with Crippen molar-refractivity contribution >= 4 is 15.9 Å². The SMILES string of the molecule is CC1COc2cc(C(=N)NO)ccc2CN1S(C)(=O)=O. The number of nitrogens with one attached hydrogen (secondary N) is 2. The molecule has 0 amide bonds. The van der Waals surface area contributed by atoms with Crippen LogP contribution in [0.4, 0.5) is 0 Å². The number of amidine groups is 1. The van der Waals surface area contributed by atoms with E-state index in [1.165, 1.54) is 10.6 Å². The van der Waals surface area contributed by atoms with Crippen LogP contribution in [0.15, 0.2) is 18.2 Å². The topological polar surface area (TPSA) is 103 Å². The van der Waals surface area contributed by atoms with Crippen molar-refractivity contribution in [2.75, 3.05) is 12.9 Å². The van der Waals surface area contributed by atoms with Crippen LogP contribution in [0.5, 0.6) is 5.75 Å². The maximum absolute atomic E-state index is 11.8. The molecule has 0 saturated heterocycles. The summed E-state index contributed by atoms with van der Waals surface area (Å²) >= 11 is 0. The molecule has 0 bridgehead atoms. The molecule has 0 aliphatic carbocycles. The molecule has 1 aliphatic rings. The Morgan fingerprint density at radius 1 is 1.55 bits per heavy atom. The van der Waals surface area contributed by atoms with Crippen molar-refractivity contribution < 1.29 is 18.4 Å². The van der Waals surface area contributed by atoms with Crippen molar-refractivity contribution in [3.63, 3.8) is 0 Å². The van der Waals surface area contributed by atoms with Gasteiger partial charge >= 0.3 is 0 Å². The summed E-state index contributed by atoms with van der Waals surface area (Å²) in [5, 5.41) is 16.2. The first-order chi connectivity index (χ1) is 9.32. The zero-order valence-corrected chi connectivity index (χ0v) is 12.1. The van der Waals surface area contributed by atoms with E-state index in [1.807, 2.05) is 0 Å². The minimum absolute atomic E-state index is 0.145. The van der Waals surface area contributed by atoms with E-state index in [2.05, 4.69) is 0 Å². The van der Waals surface area contributed by atoms with Crippen molar-refractivity contribution in [1.29, 1.82) is 5.41 Å². The van der Waals surface area contributed by atoms with Gasteiger partial charge in [0.2, 0.25) is 10.0 Å². The number of fused-ring (bicyclic) bond motifs is 1. The van der Waals surface area contributed by atoms with Crippen LogP contribution in [0, 0.1) is 5.41 Å². The third kappa shape index (κ3) is 2.92. The molecule has 110 valence electrons. The lowest BCUT2D eigenvalue weighted by Crippen LogP contribution is -2.39. The molecule has 0 radical (unpaired) electrons. The molecule has 1 aromatic carbocycles. The maximum atomic E-state index is 11.8. The quantitative estimate of drug-likeness (QED) is 0.420. The first kappa shape index (κ1) is 14.8. The van der Waals surface area contributed by atoms with Crippen molar-refractivity contribution in [2.45, 2.75) is 19.5 Å². The summed E-state index contributed by atoms with van der Waals surface area (Å²) in [7, 11) is -3.31. The lowest BCUT2D eigenvalue weighted by Gasteiger charge is -2.23. The average Bonchev–Trinajstić information content (AvgIpc) is 2.56. The standard InChI is InChI=1S/C12H17N3O4S/c1-8-7-19-11-5-9(12(13)14-16)3-4-10(11)6-15(8)20(2,17)18/h3-5,8,16H,6-7H2,1-2H3,(H2,13,14). The number of benzene rings is 1. The van der Waals surface area contributed by atoms with E-state index in [4.69, 9.17) is 15.4 Å². The molecule has 1 aliphatic heterocycles. The first-order valence-electron chi connectivity index (χ1n) is 6.04. The smallest absolute Gasteiger partial charge is 0.211 e. The number of hydroxylamine groups is 1. The molecular formula is C12H17N3O4S. The first-order valence-corrected chi connectivity index (χ1v) is 7.89. The minimum Gasteiger partial charge on any atom is -0.492 e. The summed E-state index contributed by atoms with van der Waals surface area (Å²) < 4.78 is 30.5. The van der Waals surface area contributed by atoms with Gasteiger partial charge in [0.05, 0.1) is 12.3 Å². The Balaban J connectivity index is 2.38. The maximum Gasteiger partial charge on any atom is 0.211 e. The number of rotatable bonds is 2. The molecule has 0 saturated carbocycles. The van der Waals surface area contributed by atoms with E-state index in [1.54, 1.807) is 30.6 Å². The van der Waals surface area contributed by atoms with Gasteiger partial charge in [-0.1, -0.05) is 12.1 Å². The fourth-order valence-corrected chi connectivity index (χ4v) is 3.19. The number of sulfonamides is 1. The largest absolute Gasteiger partial charge is 0.492 e. The molecule has 7 nitrogen and oxygen atoms in total. The van der Waals surface area contributed by atoms with Gasteiger partial charge in [0.25, 0.3) is 0 Å². The van der Waals surface area contributed by atoms with Gasteiger partial charge in [0.1, 0.15) is 18.2 Å². The Kier molecular flexibility index (Phi) is 3.98. The lowest BCUT2D eigenvalue weighted by atomic mass is 10.1. The molecule has 1 unspecified atom stereocenters. The molecule has 0 fully saturated rings. The average molecular weight is 299 g/mol. The van der Waals surface area contributed by atoms with Gasteiger partial charge in [-0.05, 0) is 13.0 Å². The highest BCUT2D eigenvalue weighted by atomic mass is 32.2. The summed E-state index contributed by atoms with van der Waals surface area (Å²) in [6.07, 6.45) is 1.17. The summed E-state index contributed by atoms with van der Waals surface area (Å²) in [4.78, 5) is 0. The predicted molar refractivity (Wildman–Crippen MR) is 73.5 cm³/mol. The Morgan fingerprint density at radius 3 is 2.85 bits per heavy atom. The highest BCUT2D eigenvalue weighted by Gasteiger charge is 2.28. The van der Waals surface area contributed by atoms with Crippen LogP contribution in [0.1, 0.15) is 18.1 Å². The van der Waals surface area contributed by atoms with E-state index in [-0.39, 0.29) is 25.0 Å². The van der Waals surface area contributed by atoms with Crippen LogP contribution in [-0.2, 0) is 16.6 Å². The normalized spacial score (nSPS) is 19.6. The van der Waals surface area contributed by atoms with Gasteiger partial charge in [-0.3, -0.25) is 16.1 Å². The zero-order chi connectivity index (χ0) is 14.9. The number of hydrogen-bond acceptors (Lipinski definition) is 5. The molecule has 1 aromatic rings. The van der Waals surface area contributed by atoms with Crippen LogP contribution in [0.2, 0.25) is 0 Å². The Bertz CT molecular complexity index is 630. The van der Waals surface area contributed by atoms with Crippen LogP contribution in [0.3, 0.4) is 0 Å². The van der Waals surface area contributed by atoms with Crippen molar-refractivity contribution in [3.8, 4) is 5.75 Å². The van der Waals surface area contributed by atoms with Crippen LogP contribution in [-0.4, -0.2) is 42.7 Å². The second-order valence-corrected chi connectivity index (χ2v) is 6.71. The molecule has 2 rings (SSSR count). The van der Waals surface area contributed by atoms with E-state index in [0.29, 0.717) is 11.3 Å². The second kappa shape index (κ2) is 5.39. The number of hydrogen-bond donors (Lipinski definition) is 3. The van der Waals surface area contributed by atoms with E-state index < -0.39 is 10.0 Å². The van der Waals surface area contributed by atoms with Gasteiger partial charge in [0, 0.05) is 17.7 Å². The highest BCUT2D eigenvalue weighted by Crippen LogP contribution is 2.27. The third-order valence-corrected chi connectivity index (χ3v) is 4.53. The molecule has 1 atom stereocenters. The molecule has 8 heteroatoms. The lowest BCUT2D eigenvalue weighted by molar-refractivity contribution is 0.232. The third-order valence-electron chi connectivity index (χ3n) is 3.19. The fourth-order valence-electron chi connectivity index (χ4n) is 2.10. The molecule has 0 spiro atoms. The van der Waals surface area contributed by atoms with Crippen LogP contribution < -0.4 is 10.2 Å². The zero-order valence-electron chi connectivity index (χ0n) is 11.3. The second-order valence-electron chi connectivity index (χ2n) is 4.78. The van der Waals surface area contributed by atoms with E-state index in [0.717, 1.165) is 5.56 Å². The van der Waals surface area contributed by atoms with Crippen LogP contribution >= 0.6 is 0 Å². The Morgan fingerprint density at radius 2 is 2.25 bits per heavy atom. The monoisotopic (exact) mass is 299 g/mol. The van der Waals surface area contributed by atoms with Gasteiger partial charge in [0.15, 0.2) is 0 Å². The van der Waals surface area contributed by atoms with Gasteiger partial charge < -0.3 is 4.74 Å². The summed E-state index contributed by atoms with van der Waals surface area (Å²) in [6, 6.07) is 4.67. The summed E-state index contributed by atoms with van der Waals surface area (Å²) in [5.41, 5.74) is 2.96. The van der Waals surface area contributed by atoms with Gasteiger partial charge in [-0.2, -0.15) is 4.31 Å². The molecular weight excluding hydrogens is 282 g/mol. The number of nitrogens with zero attached hydrogens (tertiary/aromatic N) is 1. The molecule has 1 heterocycles. The molecule has 0 aromatic heterocycles. The molecule has 3 N–H and O–H groups in total. The predicted octanol–water partition coefficient (Wildman–Crippen LogP) is 0.533. The summed E-state index contributed by atoms with van der Waals surface area (Å²) in [5.74, 6) is 0.383. The van der Waals surface area contributed by atoms with Crippen molar-refractivity contribution in [1.82, 2.24) is 9.79 Å². The summed E-state index contributed by atoms with van der Waals surface area (Å²) in [6.45, 7) is 2.25. The van der Waals surface area contributed by atoms with Crippen molar-refractivity contribution in [2.24, 2.45) is 0 Å². The fraction of sp³-hybridized carbons (Fsp3) is 0.417. The van der Waals surface area contributed by atoms with Crippen molar-refractivity contribution in [3.05, 3.63) is 29.3 Å². The Hall–Kier alpha value is -1.64. The number of ether oxygens (including phenoxy) is 1. The van der Waals surface area contributed by atoms with E-state index in [9.17, 15) is 8.42 Å². The van der Waals surface area contributed by atoms with Crippen LogP contribution in [0.25, 0.3) is 0 Å².